The third-order valence-corrected chi connectivity index (χ3v) is 28.7. The minimum absolute atomic E-state index is 0. The maximum absolute atomic E-state index is 11.4. The molecule has 2 N–H and O–H groups in total. The summed E-state index contributed by atoms with van der Waals surface area (Å²) in [6.45, 7) is 0. The zero-order valence-electron chi connectivity index (χ0n) is 61.8. The molecule has 0 saturated heterocycles. The molecule has 1 aliphatic rings. The minimum atomic E-state index is -1.00. The van der Waals surface area contributed by atoms with Gasteiger partial charge in [0.05, 0.1) is 23.0 Å². The van der Waals surface area contributed by atoms with Gasteiger partial charge in [-0.05, 0) is 132 Å². The fourth-order valence-electron chi connectivity index (χ4n) is 13.6. The molecule has 0 atom stereocenters. The predicted molar refractivity (Wildman–Crippen MR) is 472 cm³/mol. The molecule has 17 aromatic rings. The topological polar surface area (TPSA) is 106 Å². The summed E-state index contributed by atoms with van der Waals surface area (Å²) in [6, 6.07) is 149. The van der Waals surface area contributed by atoms with Crippen molar-refractivity contribution >= 4 is 113 Å². The monoisotopic (exact) mass is 1620 g/mol. The first-order valence-corrected chi connectivity index (χ1v) is 42.5. The van der Waals surface area contributed by atoms with Gasteiger partial charge in [-0.2, -0.15) is 5.10 Å². The second-order valence-corrected chi connectivity index (χ2v) is 35.1. The number of carboxylic acid groups (broad SMARTS) is 1. The van der Waals surface area contributed by atoms with E-state index in [4.69, 9.17) is 9.40 Å². The Kier molecular flexibility index (Phi) is 28.1. The summed E-state index contributed by atoms with van der Waals surface area (Å²) in [7, 11) is 0.0868. The molecule has 0 radical (unpaired) electrons. The van der Waals surface area contributed by atoms with E-state index in [9.17, 15) is 9.90 Å². The van der Waals surface area contributed by atoms with Gasteiger partial charge in [0.1, 0.15) is 17.0 Å². The zero-order valence-corrected chi connectivity index (χ0v) is 67.0. The zero-order chi connectivity index (χ0) is 75.7. The van der Waals surface area contributed by atoms with Crippen molar-refractivity contribution in [3.63, 3.8) is 0 Å². The van der Waals surface area contributed by atoms with E-state index in [2.05, 4.69) is 379 Å². The van der Waals surface area contributed by atoms with Crippen molar-refractivity contribution in [2.45, 2.75) is 24.8 Å². The van der Waals surface area contributed by atoms with E-state index in [1.165, 1.54) is 63.7 Å². The molecule has 0 spiro atoms. The number of hydrogen-bond acceptors (Lipinski definition) is 5. The van der Waals surface area contributed by atoms with Crippen LogP contribution in [0, 0.1) is 0 Å². The van der Waals surface area contributed by atoms with E-state index in [0.717, 1.165) is 47.2 Å². The minimum Gasteiger partial charge on any atom is -0.465 e. The largest absolute Gasteiger partial charge is 0.465 e. The van der Waals surface area contributed by atoms with E-state index < -0.39 is 43.3 Å². The van der Waals surface area contributed by atoms with Crippen LogP contribution in [0.1, 0.15) is 24.8 Å². The smallest absolute Gasteiger partial charge is 0.405 e. The van der Waals surface area contributed by atoms with E-state index in [0.29, 0.717) is 22.7 Å². The Labute approximate surface area is 675 Å². The van der Waals surface area contributed by atoms with Crippen molar-refractivity contribution in [1.82, 2.24) is 25.1 Å². The van der Waals surface area contributed by atoms with Crippen LogP contribution in [0.2, 0.25) is 0 Å². The molecule has 0 unspecified atom stereocenters. The standard InChI is InChI=1S/C27H23N5O3.4C18H15P.Pd/c1-32-21(12-15-29-32)20-16-28-25-23(30-20)22(17-6-3-2-4-7-17)24(35-25)18-8-10-19(11-9-18)27(13-5-14-27)31-26(33)34;4*1-4-10-16(11-5-1)19(17-12-6-2-7-13-17)18-14-8-3-9-15-18;/h2-4,6-12,15-16,31H,5,13-14H2,1H3,(H,33,34);4*1-15H;. The second kappa shape index (κ2) is 40.0. The maximum Gasteiger partial charge on any atom is 0.405 e. The van der Waals surface area contributed by atoms with Gasteiger partial charge < -0.3 is 14.8 Å². The Morgan fingerprint density at radius 2 is 0.634 bits per heavy atom. The van der Waals surface area contributed by atoms with E-state index in [1.54, 1.807) is 17.1 Å². The van der Waals surface area contributed by atoms with Gasteiger partial charge in [0.25, 0.3) is 0 Å². The summed E-state index contributed by atoms with van der Waals surface area (Å²) >= 11 is 0. The average Bonchev–Trinajstić information content (AvgIpc) is 1.51. The van der Waals surface area contributed by atoms with Gasteiger partial charge in [-0.15, -0.1) is 0 Å². The van der Waals surface area contributed by atoms with Gasteiger partial charge in [-0.25, -0.2) is 14.8 Å². The number of benzene rings is 14. The van der Waals surface area contributed by atoms with Crippen molar-refractivity contribution in [1.29, 1.82) is 0 Å². The molecule has 8 nitrogen and oxygen atoms in total. The number of fused-ring (bicyclic) bond motifs is 1. The molecular weight excluding hydrogens is 1540 g/mol. The molecular formula is C99H83N5O3P4Pd. The molecule has 3 heterocycles. The Balaban J connectivity index is 0.000000126. The summed E-state index contributed by atoms with van der Waals surface area (Å²) in [5.74, 6) is 0.675. The first-order chi connectivity index (χ1) is 54.8. The number of nitrogens with one attached hydrogen (secondary N) is 1. The summed E-state index contributed by atoms with van der Waals surface area (Å²) in [4.78, 5) is 20.9. The summed E-state index contributed by atoms with van der Waals surface area (Å²) < 4.78 is 8.03. The molecule has 112 heavy (non-hydrogen) atoms. The number of aromatic nitrogens is 4. The fraction of sp³-hybridized carbons (Fsp3) is 0.0505. The van der Waals surface area contributed by atoms with Gasteiger partial charge in [0, 0.05) is 39.2 Å². The van der Waals surface area contributed by atoms with Gasteiger partial charge in [-0.3, -0.25) is 4.68 Å². The van der Waals surface area contributed by atoms with Crippen LogP contribution in [0.4, 0.5) is 4.79 Å². The third-order valence-electron chi connectivity index (χ3n) is 19.0. The molecule has 1 aliphatic carbocycles. The normalized spacial score (nSPS) is 11.7. The summed E-state index contributed by atoms with van der Waals surface area (Å²) in [5, 5.41) is 33.1. The van der Waals surface area contributed by atoms with Gasteiger partial charge >= 0.3 is 6.09 Å². The molecule has 3 aromatic heterocycles. The molecule has 13 heteroatoms. The number of rotatable bonds is 17. The molecule has 552 valence electrons. The van der Waals surface area contributed by atoms with Crippen LogP contribution in [-0.4, -0.2) is 30.9 Å². The predicted octanol–water partition coefficient (Wildman–Crippen LogP) is 19.4. The van der Waals surface area contributed by atoms with Gasteiger partial charge in [0.15, 0.2) is 0 Å². The first kappa shape index (κ1) is 78.7. The molecule has 14 aromatic carbocycles. The van der Waals surface area contributed by atoms with E-state index in [1.807, 2.05) is 67.7 Å². The maximum atomic E-state index is 11.4. The van der Waals surface area contributed by atoms with Gasteiger partial charge in [0.2, 0.25) is 5.71 Å². The summed E-state index contributed by atoms with van der Waals surface area (Å²) in [5.41, 5.74) is 5.87. The number of carbonyl (C=O) groups is 1. The molecule has 1 fully saturated rings. The van der Waals surface area contributed by atoms with Crippen LogP contribution in [0.25, 0.3) is 45.1 Å². The van der Waals surface area contributed by atoms with Crippen LogP contribution in [-0.2, 0) is 33.0 Å². The quantitative estimate of drug-likeness (QED) is 0.0695. The summed E-state index contributed by atoms with van der Waals surface area (Å²) in [6.07, 6.45) is 5.02. The molecule has 0 aliphatic heterocycles. The Morgan fingerprint density at radius 1 is 0.366 bits per heavy atom. The number of hydrogen-bond donors (Lipinski definition) is 2. The Hall–Kier alpha value is -11.4. The molecule has 18 rings (SSSR count). The fourth-order valence-corrected chi connectivity index (χ4v) is 22.8. The molecule has 1 saturated carbocycles. The van der Waals surface area contributed by atoms with Gasteiger partial charge in [-0.1, -0.05) is 419 Å². The number of furan rings is 1. The van der Waals surface area contributed by atoms with Crippen molar-refractivity contribution < 1.29 is 34.7 Å². The van der Waals surface area contributed by atoms with Crippen molar-refractivity contribution in [3.05, 3.63) is 443 Å². The Bertz CT molecular complexity index is 4780. The molecule has 1 amide bonds. The van der Waals surface area contributed by atoms with Crippen molar-refractivity contribution in [3.8, 4) is 33.8 Å². The van der Waals surface area contributed by atoms with Crippen LogP contribution in [0.15, 0.2) is 441 Å². The van der Waals surface area contributed by atoms with Crippen LogP contribution < -0.4 is 69.0 Å². The second-order valence-electron chi connectivity index (χ2n) is 26.2. The van der Waals surface area contributed by atoms with Crippen LogP contribution in [0.5, 0.6) is 0 Å². The number of nitrogens with zero attached hydrogens (tertiary/aromatic N) is 4. The first-order valence-electron chi connectivity index (χ1n) is 37.1. The molecule has 0 bridgehead atoms. The van der Waals surface area contributed by atoms with Crippen molar-refractivity contribution in [2.24, 2.45) is 7.05 Å². The SMILES string of the molecule is Cn1nccc1-c1cnc2oc(-c3ccc(C4(NC(=O)O)CCC4)cc3)c(-c3ccccc3)c2n1.[Pd].c1ccc(P(c2ccccc2)c2ccccc2)cc1.c1ccc(P(c2ccccc2)c2ccccc2)cc1.c1ccc(P(c2ccccc2)c2ccccc2)cc1.c1ccc(P(c2ccccc2)c2ccccc2)cc1. The van der Waals surface area contributed by atoms with Crippen LogP contribution in [0.3, 0.4) is 0 Å². The number of amides is 1. The van der Waals surface area contributed by atoms with Crippen LogP contribution >= 0.6 is 31.7 Å². The number of aryl methyl sites for hydroxylation is 1. The van der Waals surface area contributed by atoms with E-state index >= 15 is 0 Å². The average molecular weight is 1620 g/mol. The third kappa shape index (κ3) is 20.0. The van der Waals surface area contributed by atoms with E-state index in [-0.39, 0.29) is 20.4 Å². The van der Waals surface area contributed by atoms with Crippen molar-refractivity contribution in [2.75, 3.05) is 0 Å². The Morgan fingerprint density at radius 3 is 0.866 bits per heavy atom.